The number of hydrogen-bond donors (Lipinski definition) is 0. The topological polar surface area (TPSA) is 34.9 Å². The number of fused-ring (bicyclic) bond motifs is 13. The van der Waals surface area contributed by atoms with E-state index in [4.69, 9.17) is 9.40 Å². The van der Waals surface area contributed by atoms with E-state index in [0.717, 1.165) is 55.4 Å². The molecule has 4 aromatic heterocycles. The van der Waals surface area contributed by atoms with Gasteiger partial charge in [0.05, 0.1) is 27.6 Å². The molecule has 0 saturated carbocycles. The molecule has 4 nitrogen and oxygen atoms in total. The summed E-state index contributed by atoms with van der Waals surface area (Å²) in [6.45, 7) is 0. The van der Waals surface area contributed by atoms with Crippen molar-refractivity contribution in [2.24, 2.45) is 0 Å². The Balaban J connectivity index is 1.31. The second-order valence-electron chi connectivity index (χ2n) is 11.7. The largest absolute Gasteiger partial charge is 0.456 e. The lowest BCUT2D eigenvalue weighted by molar-refractivity contribution is 0.669. The highest BCUT2D eigenvalue weighted by molar-refractivity contribution is 6.20. The number of furan rings is 1. The maximum Gasteiger partial charge on any atom is 0.220 e. The molecule has 4 heterocycles. The van der Waals surface area contributed by atoms with Gasteiger partial charge in [-0.05, 0) is 87.3 Å². The van der Waals surface area contributed by atoms with Crippen molar-refractivity contribution in [1.29, 1.82) is 0 Å². The first kappa shape index (κ1) is 21.8. The number of rotatable bonds is 1. The maximum absolute atomic E-state index is 6.30. The van der Waals surface area contributed by atoms with Gasteiger partial charge >= 0.3 is 0 Å². The molecule has 198 valence electrons. The highest BCUT2D eigenvalue weighted by Gasteiger charge is 2.23. The lowest BCUT2D eigenvalue weighted by Gasteiger charge is -2.05. The van der Waals surface area contributed by atoms with Crippen molar-refractivity contribution in [2.45, 2.75) is 0 Å². The molecule has 0 spiro atoms. The van der Waals surface area contributed by atoms with Crippen molar-refractivity contribution in [3.05, 3.63) is 127 Å². The van der Waals surface area contributed by atoms with Gasteiger partial charge in [-0.15, -0.1) is 0 Å². The predicted octanol–water partition coefficient (Wildman–Crippen LogP) is 10.4. The highest BCUT2D eigenvalue weighted by atomic mass is 16.3. The van der Waals surface area contributed by atoms with Crippen LogP contribution in [0.15, 0.2) is 132 Å². The smallest absolute Gasteiger partial charge is 0.220 e. The molecule has 0 N–H and O–H groups in total. The Morgan fingerprint density at radius 2 is 1.14 bits per heavy atom. The van der Waals surface area contributed by atoms with Crippen LogP contribution in [-0.4, -0.2) is 13.8 Å². The molecular formula is C39H21N3O. The van der Waals surface area contributed by atoms with Crippen LogP contribution >= 0.6 is 0 Å². The first-order valence-corrected chi connectivity index (χ1v) is 14.6. The van der Waals surface area contributed by atoms with E-state index in [1.807, 2.05) is 12.1 Å². The Kier molecular flexibility index (Phi) is 3.80. The average molecular weight is 548 g/mol. The Morgan fingerprint density at radius 1 is 0.442 bits per heavy atom. The van der Waals surface area contributed by atoms with E-state index in [2.05, 4.69) is 124 Å². The second-order valence-corrected chi connectivity index (χ2v) is 11.7. The van der Waals surface area contributed by atoms with Gasteiger partial charge in [0.2, 0.25) is 5.78 Å². The van der Waals surface area contributed by atoms with Crippen LogP contribution in [0.2, 0.25) is 0 Å². The highest BCUT2D eigenvalue weighted by Crippen LogP contribution is 2.42. The summed E-state index contributed by atoms with van der Waals surface area (Å²) < 4.78 is 11.0. The molecule has 43 heavy (non-hydrogen) atoms. The Morgan fingerprint density at radius 3 is 1.98 bits per heavy atom. The van der Waals surface area contributed by atoms with Crippen LogP contribution in [0.25, 0.3) is 98.7 Å². The number of hydrogen-bond acceptors (Lipinski definition) is 2. The van der Waals surface area contributed by atoms with E-state index in [0.29, 0.717) is 0 Å². The van der Waals surface area contributed by atoms with Crippen LogP contribution in [0.5, 0.6) is 0 Å². The van der Waals surface area contributed by atoms with Gasteiger partial charge in [0.15, 0.2) is 0 Å². The Bertz CT molecular complexity index is 2960. The third-order valence-corrected chi connectivity index (χ3v) is 9.37. The fraction of sp³-hybridized carbons (Fsp3) is 0. The summed E-state index contributed by atoms with van der Waals surface area (Å²) in [6.07, 6.45) is 0. The Labute approximate surface area is 243 Å². The standard InChI is InChI=1S/C39H21N3O/c1-3-9-24-18-33-30(15-22(24)7-1)31-16-27(26-13-14-29-28-11-5-6-12-36(28)43-37(29)21-26)20-35-38(31)42(33)39-40-32-17-23-8-2-4-10-25(23)19-34(32)41(35)39/h1-21H. The molecule has 0 unspecified atom stereocenters. The zero-order valence-electron chi connectivity index (χ0n) is 22.9. The van der Waals surface area contributed by atoms with Crippen molar-refractivity contribution in [1.82, 2.24) is 13.8 Å². The summed E-state index contributed by atoms with van der Waals surface area (Å²) in [5.41, 5.74) is 9.79. The second kappa shape index (κ2) is 7.50. The van der Waals surface area contributed by atoms with E-state index in [1.54, 1.807) is 0 Å². The van der Waals surface area contributed by atoms with Crippen LogP contribution < -0.4 is 0 Å². The number of para-hydroxylation sites is 1. The molecule has 0 aliphatic heterocycles. The van der Waals surface area contributed by atoms with E-state index in [1.165, 1.54) is 43.4 Å². The predicted molar refractivity (Wildman–Crippen MR) is 178 cm³/mol. The third kappa shape index (κ3) is 2.73. The normalized spacial score (nSPS) is 12.7. The minimum Gasteiger partial charge on any atom is -0.456 e. The van der Waals surface area contributed by atoms with Gasteiger partial charge in [-0.3, -0.25) is 8.80 Å². The van der Waals surface area contributed by atoms with Crippen molar-refractivity contribution < 1.29 is 4.42 Å². The first-order valence-electron chi connectivity index (χ1n) is 14.6. The van der Waals surface area contributed by atoms with Crippen LogP contribution in [0.4, 0.5) is 0 Å². The van der Waals surface area contributed by atoms with Crippen LogP contribution in [-0.2, 0) is 0 Å². The quantitative estimate of drug-likeness (QED) is 0.205. The molecule has 0 aliphatic carbocycles. The van der Waals surface area contributed by atoms with Crippen molar-refractivity contribution >= 4 is 87.6 Å². The first-order chi connectivity index (χ1) is 21.3. The van der Waals surface area contributed by atoms with Crippen LogP contribution in [0.3, 0.4) is 0 Å². The monoisotopic (exact) mass is 547 g/mol. The summed E-state index contributed by atoms with van der Waals surface area (Å²) in [5, 5.41) is 9.65. The minimum atomic E-state index is 0.906. The molecule has 11 rings (SSSR count). The van der Waals surface area contributed by atoms with Gasteiger partial charge in [-0.25, -0.2) is 4.98 Å². The summed E-state index contributed by atoms with van der Waals surface area (Å²) in [5.74, 6) is 0.945. The van der Waals surface area contributed by atoms with E-state index < -0.39 is 0 Å². The fourth-order valence-electron chi connectivity index (χ4n) is 7.40. The molecule has 0 atom stereocenters. The molecule has 4 heteroatoms. The number of imidazole rings is 2. The van der Waals surface area contributed by atoms with Crippen molar-refractivity contribution in [3.8, 4) is 11.1 Å². The summed E-state index contributed by atoms with van der Waals surface area (Å²) >= 11 is 0. The van der Waals surface area contributed by atoms with Gasteiger partial charge < -0.3 is 4.42 Å². The maximum atomic E-state index is 6.30. The molecule has 0 saturated heterocycles. The van der Waals surface area contributed by atoms with Gasteiger partial charge in [-0.1, -0.05) is 72.8 Å². The summed E-state index contributed by atoms with van der Waals surface area (Å²) in [4.78, 5) is 5.26. The molecule has 0 amide bonds. The van der Waals surface area contributed by atoms with Gasteiger partial charge in [-0.2, -0.15) is 0 Å². The number of benzene rings is 7. The van der Waals surface area contributed by atoms with E-state index >= 15 is 0 Å². The van der Waals surface area contributed by atoms with Gasteiger partial charge in [0, 0.05) is 21.5 Å². The third-order valence-electron chi connectivity index (χ3n) is 9.37. The minimum absolute atomic E-state index is 0.906. The molecular weight excluding hydrogens is 526 g/mol. The van der Waals surface area contributed by atoms with Gasteiger partial charge in [0.25, 0.3) is 0 Å². The van der Waals surface area contributed by atoms with Crippen molar-refractivity contribution in [2.75, 3.05) is 0 Å². The summed E-state index contributed by atoms with van der Waals surface area (Å²) in [6, 6.07) is 45.8. The zero-order chi connectivity index (χ0) is 27.8. The average Bonchev–Trinajstić information content (AvgIpc) is 3.77. The fourth-order valence-corrected chi connectivity index (χ4v) is 7.40. The summed E-state index contributed by atoms with van der Waals surface area (Å²) in [7, 11) is 0. The van der Waals surface area contributed by atoms with Crippen LogP contribution in [0, 0.1) is 0 Å². The molecule has 11 aromatic rings. The van der Waals surface area contributed by atoms with Gasteiger partial charge in [0.1, 0.15) is 11.2 Å². The number of nitrogens with zero attached hydrogens (tertiary/aromatic N) is 3. The Hall–Kier alpha value is -5.87. The van der Waals surface area contributed by atoms with Crippen molar-refractivity contribution in [3.63, 3.8) is 0 Å². The molecule has 7 aromatic carbocycles. The molecule has 0 fully saturated rings. The van der Waals surface area contributed by atoms with E-state index in [9.17, 15) is 0 Å². The zero-order valence-corrected chi connectivity index (χ0v) is 22.9. The lowest BCUT2D eigenvalue weighted by atomic mass is 9.99. The molecule has 0 aliphatic rings. The lowest BCUT2D eigenvalue weighted by Crippen LogP contribution is -1.85. The SMILES string of the molecule is c1ccc2cc3c(cc2c1)nc1n3c2cc(-c3ccc4c(c3)oc3ccccc34)cc3c4cc5ccccc5cc4n1c32. The number of aromatic nitrogens is 3. The van der Waals surface area contributed by atoms with Crippen LogP contribution in [0.1, 0.15) is 0 Å². The molecule has 0 bridgehead atoms. The van der Waals surface area contributed by atoms with E-state index in [-0.39, 0.29) is 0 Å². The molecule has 0 radical (unpaired) electrons.